The summed E-state index contributed by atoms with van der Waals surface area (Å²) in [5.41, 5.74) is 0. The summed E-state index contributed by atoms with van der Waals surface area (Å²) in [5.74, 6) is 0.475. The molecular formula is C11H19N3O. The first-order chi connectivity index (χ1) is 7.08. The van der Waals surface area contributed by atoms with Gasteiger partial charge < -0.3 is 10.6 Å². The maximum Gasteiger partial charge on any atom is 0.238 e. The van der Waals surface area contributed by atoms with Crippen molar-refractivity contribution in [2.75, 3.05) is 0 Å². The van der Waals surface area contributed by atoms with Gasteiger partial charge in [-0.15, -0.1) is 0 Å². The summed E-state index contributed by atoms with van der Waals surface area (Å²) in [5, 5.41) is 14.7. The van der Waals surface area contributed by atoms with Crippen LogP contribution in [-0.2, 0) is 4.79 Å². The molecule has 1 heterocycles. The molecule has 0 spiro atoms. The summed E-state index contributed by atoms with van der Waals surface area (Å²) < 4.78 is 0. The molecule has 4 heteroatoms. The lowest BCUT2D eigenvalue weighted by atomic mass is 10.0. The minimum Gasteiger partial charge on any atom is -0.339 e. The summed E-state index contributed by atoms with van der Waals surface area (Å²) >= 11 is 0. The topological polar surface area (TPSA) is 64.9 Å². The van der Waals surface area contributed by atoms with Crippen LogP contribution < -0.4 is 10.6 Å². The molecule has 1 aliphatic rings. The molecule has 1 rings (SSSR count). The third-order valence-corrected chi connectivity index (χ3v) is 3.12. The number of nitrogens with zero attached hydrogens (tertiary/aromatic N) is 1. The Morgan fingerprint density at radius 1 is 1.67 bits per heavy atom. The van der Waals surface area contributed by atoms with E-state index in [0.29, 0.717) is 18.4 Å². The predicted octanol–water partition coefficient (Wildman–Crippen LogP) is 0.791. The van der Waals surface area contributed by atoms with Gasteiger partial charge in [-0.1, -0.05) is 13.8 Å². The number of amides is 1. The standard InChI is InChI=1S/C11H19N3O/c1-4-9(6-12)14-11(15)10-5-7(2)8(3)13-10/h7-10,13H,4-5H2,1-3H3,(H,14,15). The zero-order chi connectivity index (χ0) is 11.4. The second-order valence-electron chi connectivity index (χ2n) is 4.32. The molecule has 1 amide bonds. The number of carbonyl (C=O) groups is 1. The van der Waals surface area contributed by atoms with Gasteiger partial charge in [-0.3, -0.25) is 4.79 Å². The van der Waals surface area contributed by atoms with Gasteiger partial charge in [0, 0.05) is 6.04 Å². The first-order valence-corrected chi connectivity index (χ1v) is 5.54. The lowest BCUT2D eigenvalue weighted by molar-refractivity contribution is -0.123. The summed E-state index contributed by atoms with van der Waals surface area (Å²) in [6.07, 6.45) is 1.51. The number of nitrogens with one attached hydrogen (secondary N) is 2. The number of hydrogen-bond acceptors (Lipinski definition) is 3. The third kappa shape index (κ3) is 2.93. The van der Waals surface area contributed by atoms with Crippen molar-refractivity contribution in [1.82, 2.24) is 10.6 Å². The van der Waals surface area contributed by atoms with E-state index in [1.54, 1.807) is 0 Å². The quantitative estimate of drug-likeness (QED) is 0.722. The van der Waals surface area contributed by atoms with E-state index in [2.05, 4.69) is 30.6 Å². The van der Waals surface area contributed by atoms with Crippen molar-refractivity contribution in [2.24, 2.45) is 5.92 Å². The molecule has 0 aromatic heterocycles. The molecule has 0 aliphatic carbocycles. The molecule has 1 saturated heterocycles. The first kappa shape index (κ1) is 12.0. The van der Waals surface area contributed by atoms with E-state index in [0.717, 1.165) is 6.42 Å². The Morgan fingerprint density at radius 3 is 2.73 bits per heavy atom. The molecule has 1 aliphatic heterocycles. The van der Waals surface area contributed by atoms with E-state index >= 15 is 0 Å². The second-order valence-corrected chi connectivity index (χ2v) is 4.32. The van der Waals surface area contributed by atoms with E-state index in [4.69, 9.17) is 5.26 Å². The molecular weight excluding hydrogens is 190 g/mol. The van der Waals surface area contributed by atoms with Crippen LogP contribution in [0.2, 0.25) is 0 Å². The maximum atomic E-state index is 11.7. The lowest BCUT2D eigenvalue weighted by Crippen LogP contribution is -2.45. The Morgan fingerprint density at radius 2 is 2.33 bits per heavy atom. The largest absolute Gasteiger partial charge is 0.339 e. The normalized spacial score (nSPS) is 32.0. The Bertz CT molecular complexity index is 261. The van der Waals surface area contributed by atoms with E-state index in [1.165, 1.54) is 0 Å². The Balaban J connectivity index is 2.46. The molecule has 0 radical (unpaired) electrons. The predicted molar refractivity (Wildman–Crippen MR) is 58.0 cm³/mol. The summed E-state index contributed by atoms with van der Waals surface area (Å²) in [4.78, 5) is 11.7. The molecule has 0 aromatic rings. The highest BCUT2D eigenvalue weighted by molar-refractivity contribution is 5.82. The zero-order valence-corrected chi connectivity index (χ0v) is 9.58. The molecule has 15 heavy (non-hydrogen) atoms. The highest BCUT2D eigenvalue weighted by Gasteiger charge is 2.32. The Kier molecular flexibility index (Phi) is 4.10. The summed E-state index contributed by atoms with van der Waals surface area (Å²) in [6, 6.07) is 1.96. The van der Waals surface area contributed by atoms with Crippen LogP contribution in [0.4, 0.5) is 0 Å². The van der Waals surface area contributed by atoms with Gasteiger partial charge in [0.2, 0.25) is 5.91 Å². The van der Waals surface area contributed by atoms with E-state index < -0.39 is 0 Å². The molecule has 4 nitrogen and oxygen atoms in total. The SMILES string of the molecule is CCC(C#N)NC(=O)C1CC(C)C(C)N1. The number of rotatable bonds is 3. The second kappa shape index (κ2) is 5.13. The number of nitriles is 1. The average Bonchev–Trinajstić information content (AvgIpc) is 2.55. The van der Waals surface area contributed by atoms with Crippen LogP contribution in [-0.4, -0.2) is 24.0 Å². The maximum absolute atomic E-state index is 11.7. The van der Waals surface area contributed by atoms with Gasteiger partial charge >= 0.3 is 0 Å². The third-order valence-electron chi connectivity index (χ3n) is 3.12. The van der Waals surface area contributed by atoms with Gasteiger partial charge in [0.15, 0.2) is 0 Å². The van der Waals surface area contributed by atoms with Crippen molar-refractivity contribution in [3.63, 3.8) is 0 Å². The highest BCUT2D eigenvalue weighted by atomic mass is 16.2. The minimum atomic E-state index is -0.356. The van der Waals surface area contributed by atoms with Crippen LogP contribution in [0.1, 0.15) is 33.6 Å². The minimum absolute atomic E-state index is 0.0420. The highest BCUT2D eigenvalue weighted by Crippen LogP contribution is 2.19. The van der Waals surface area contributed by atoms with Crippen LogP contribution in [0.15, 0.2) is 0 Å². The van der Waals surface area contributed by atoms with E-state index in [-0.39, 0.29) is 18.0 Å². The van der Waals surface area contributed by atoms with Crippen LogP contribution in [0.5, 0.6) is 0 Å². The fourth-order valence-corrected chi connectivity index (χ4v) is 1.81. The van der Waals surface area contributed by atoms with Crippen molar-refractivity contribution in [3.05, 3.63) is 0 Å². The molecule has 0 saturated carbocycles. The summed E-state index contributed by atoms with van der Waals surface area (Å²) in [6.45, 7) is 6.10. The molecule has 1 fully saturated rings. The van der Waals surface area contributed by atoms with E-state index in [9.17, 15) is 4.79 Å². The number of carbonyl (C=O) groups excluding carboxylic acids is 1. The van der Waals surface area contributed by atoms with Gasteiger partial charge in [-0.25, -0.2) is 0 Å². The van der Waals surface area contributed by atoms with Gasteiger partial charge in [0.05, 0.1) is 12.1 Å². The van der Waals surface area contributed by atoms with Crippen molar-refractivity contribution in [1.29, 1.82) is 5.26 Å². The average molecular weight is 209 g/mol. The van der Waals surface area contributed by atoms with Crippen molar-refractivity contribution >= 4 is 5.91 Å². The molecule has 4 unspecified atom stereocenters. The van der Waals surface area contributed by atoms with Crippen LogP contribution in [0, 0.1) is 17.2 Å². The van der Waals surface area contributed by atoms with Gasteiger partial charge in [0.25, 0.3) is 0 Å². The Hall–Kier alpha value is -1.08. The Labute approximate surface area is 91.0 Å². The monoisotopic (exact) mass is 209 g/mol. The van der Waals surface area contributed by atoms with Crippen LogP contribution >= 0.6 is 0 Å². The van der Waals surface area contributed by atoms with Crippen molar-refractivity contribution in [3.8, 4) is 6.07 Å². The van der Waals surface area contributed by atoms with Crippen molar-refractivity contribution < 1.29 is 4.79 Å². The van der Waals surface area contributed by atoms with Crippen molar-refractivity contribution in [2.45, 2.75) is 51.7 Å². The molecule has 2 N–H and O–H groups in total. The fourth-order valence-electron chi connectivity index (χ4n) is 1.81. The molecule has 84 valence electrons. The molecule has 0 aromatic carbocycles. The van der Waals surface area contributed by atoms with E-state index in [1.807, 2.05) is 6.92 Å². The first-order valence-electron chi connectivity index (χ1n) is 5.54. The van der Waals surface area contributed by atoms with Gasteiger partial charge in [-0.2, -0.15) is 5.26 Å². The smallest absolute Gasteiger partial charge is 0.238 e. The summed E-state index contributed by atoms with van der Waals surface area (Å²) in [7, 11) is 0. The molecule has 0 bridgehead atoms. The van der Waals surface area contributed by atoms with Crippen LogP contribution in [0.3, 0.4) is 0 Å². The fraction of sp³-hybridized carbons (Fsp3) is 0.818. The number of hydrogen-bond donors (Lipinski definition) is 2. The zero-order valence-electron chi connectivity index (χ0n) is 9.58. The van der Waals surface area contributed by atoms with Gasteiger partial charge in [-0.05, 0) is 25.7 Å². The lowest BCUT2D eigenvalue weighted by Gasteiger charge is -2.14. The van der Waals surface area contributed by atoms with Gasteiger partial charge in [0.1, 0.15) is 6.04 Å². The molecule has 4 atom stereocenters. The van der Waals surface area contributed by atoms with Crippen LogP contribution in [0.25, 0.3) is 0 Å².